The zero-order chi connectivity index (χ0) is 16.3. The first kappa shape index (κ1) is 17.1. The molecule has 1 heterocycles. The number of esters is 1. The van der Waals surface area contributed by atoms with Crippen molar-refractivity contribution in [3.63, 3.8) is 0 Å². The van der Waals surface area contributed by atoms with Crippen LogP contribution in [0.2, 0.25) is 10.0 Å². The van der Waals surface area contributed by atoms with Gasteiger partial charge in [-0.2, -0.15) is 0 Å². The molecule has 0 atom stereocenters. The first-order valence-corrected chi connectivity index (χ1v) is 8.51. The maximum Gasteiger partial charge on any atom is 0.342 e. The monoisotopic (exact) mass is 356 g/mol. The van der Waals surface area contributed by atoms with Crippen molar-refractivity contribution in [2.24, 2.45) is 0 Å². The third-order valence-electron chi connectivity index (χ3n) is 2.94. The van der Waals surface area contributed by atoms with Crippen LogP contribution >= 0.6 is 35.0 Å². The zero-order valence-corrected chi connectivity index (χ0v) is 14.6. The van der Waals surface area contributed by atoms with Gasteiger partial charge in [-0.3, -0.25) is 0 Å². The third-order valence-corrected chi connectivity index (χ3v) is 4.30. The van der Waals surface area contributed by atoms with Crippen LogP contribution < -0.4 is 0 Å². The summed E-state index contributed by atoms with van der Waals surface area (Å²) in [6.45, 7) is 3.76. The lowest BCUT2D eigenvalue weighted by atomic mass is 10.0. The number of aromatic nitrogens is 2. The molecule has 7 heteroatoms. The van der Waals surface area contributed by atoms with Gasteiger partial charge in [0.2, 0.25) is 0 Å². The van der Waals surface area contributed by atoms with Crippen molar-refractivity contribution in [1.29, 1.82) is 0 Å². The lowest BCUT2D eigenvalue weighted by molar-refractivity contribution is 0.0525. The maximum absolute atomic E-state index is 12.3. The largest absolute Gasteiger partial charge is 0.462 e. The first-order valence-electron chi connectivity index (χ1n) is 6.53. The fourth-order valence-electron chi connectivity index (χ4n) is 1.97. The normalized spacial score (nSPS) is 10.6. The third kappa shape index (κ3) is 3.37. The highest BCUT2D eigenvalue weighted by molar-refractivity contribution is 7.98. The van der Waals surface area contributed by atoms with E-state index in [0.29, 0.717) is 37.7 Å². The molecule has 116 valence electrons. The van der Waals surface area contributed by atoms with E-state index in [0.717, 1.165) is 0 Å². The van der Waals surface area contributed by atoms with Gasteiger partial charge in [0.05, 0.1) is 28.0 Å². The molecule has 0 aliphatic rings. The SMILES string of the molecule is CCOC(=O)c1c(C)nc(SC)nc1-c1cccc(Cl)c1Cl. The van der Waals surface area contributed by atoms with Gasteiger partial charge in [-0.25, -0.2) is 14.8 Å². The Labute approximate surface area is 143 Å². The second-order valence-corrected chi connectivity index (χ2v) is 5.90. The van der Waals surface area contributed by atoms with Crippen molar-refractivity contribution >= 4 is 40.9 Å². The van der Waals surface area contributed by atoms with Crippen LogP contribution in [0.4, 0.5) is 0 Å². The first-order chi connectivity index (χ1) is 10.5. The van der Waals surface area contributed by atoms with E-state index in [-0.39, 0.29) is 6.61 Å². The fraction of sp³-hybridized carbons (Fsp3) is 0.267. The summed E-state index contributed by atoms with van der Waals surface area (Å²) in [7, 11) is 0. The Hall–Kier alpha value is -1.30. The number of ether oxygens (including phenoxy) is 1. The van der Waals surface area contributed by atoms with E-state index in [9.17, 15) is 4.79 Å². The van der Waals surface area contributed by atoms with E-state index >= 15 is 0 Å². The summed E-state index contributed by atoms with van der Waals surface area (Å²) in [6.07, 6.45) is 1.86. The van der Waals surface area contributed by atoms with Gasteiger partial charge in [-0.1, -0.05) is 47.1 Å². The molecule has 0 fully saturated rings. The van der Waals surface area contributed by atoms with Gasteiger partial charge in [0.15, 0.2) is 5.16 Å². The molecule has 0 radical (unpaired) electrons. The molecule has 4 nitrogen and oxygen atoms in total. The Bertz CT molecular complexity index is 723. The molecule has 22 heavy (non-hydrogen) atoms. The number of benzene rings is 1. The van der Waals surface area contributed by atoms with Crippen LogP contribution in [0.15, 0.2) is 23.4 Å². The van der Waals surface area contributed by atoms with E-state index in [1.165, 1.54) is 11.8 Å². The molecule has 0 amide bonds. The molecule has 0 bridgehead atoms. The minimum atomic E-state index is -0.473. The Morgan fingerprint density at radius 2 is 2.05 bits per heavy atom. The predicted octanol–water partition coefficient (Wildman–Crippen LogP) is 4.66. The van der Waals surface area contributed by atoms with E-state index in [1.54, 1.807) is 32.0 Å². The highest BCUT2D eigenvalue weighted by atomic mass is 35.5. The van der Waals surface area contributed by atoms with Crippen LogP contribution in [0.3, 0.4) is 0 Å². The van der Waals surface area contributed by atoms with Crippen molar-refractivity contribution in [3.05, 3.63) is 39.5 Å². The molecule has 1 aromatic heterocycles. The topological polar surface area (TPSA) is 52.1 Å². The van der Waals surface area contributed by atoms with Crippen LogP contribution in [0.5, 0.6) is 0 Å². The highest BCUT2D eigenvalue weighted by Crippen LogP contribution is 2.35. The van der Waals surface area contributed by atoms with Crippen LogP contribution in [-0.4, -0.2) is 28.8 Å². The number of thioether (sulfide) groups is 1. The summed E-state index contributed by atoms with van der Waals surface area (Å²) in [4.78, 5) is 21.0. The Balaban J connectivity index is 2.74. The van der Waals surface area contributed by atoms with E-state index in [1.807, 2.05) is 6.26 Å². The van der Waals surface area contributed by atoms with Gasteiger partial charge in [0, 0.05) is 5.56 Å². The number of hydrogen-bond donors (Lipinski definition) is 0. The summed E-state index contributed by atoms with van der Waals surface area (Å²) in [6, 6.07) is 5.21. The Morgan fingerprint density at radius 1 is 1.32 bits per heavy atom. The summed E-state index contributed by atoms with van der Waals surface area (Å²) in [5.74, 6) is -0.473. The second-order valence-electron chi connectivity index (χ2n) is 4.34. The molecule has 0 aliphatic carbocycles. The fourth-order valence-corrected chi connectivity index (χ4v) is 2.77. The molecule has 0 saturated carbocycles. The standard InChI is InChI=1S/C15H14Cl2N2O2S/c1-4-21-14(20)11-8(2)18-15(22-3)19-13(11)9-6-5-7-10(16)12(9)17/h5-7H,4H2,1-3H3. The number of hydrogen-bond acceptors (Lipinski definition) is 5. The van der Waals surface area contributed by atoms with Gasteiger partial charge in [0.1, 0.15) is 5.56 Å². The van der Waals surface area contributed by atoms with Crippen LogP contribution in [-0.2, 0) is 4.74 Å². The van der Waals surface area contributed by atoms with Crippen LogP contribution in [0, 0.1) is 6.92 Å². The molecule has 0 saturated heterocycles. The maximum atomic E-state index is 12.3. The van der Waals surface area contributed by atoms with Crippen molar-refractivity contribution in [2.45, 2.75) is 19.0 Å². The summed E-state index contributed by atoms with van der Waals surface area (Å²) in [5.41, 5.74) is 1.87. The van der Waals surface area contributed by atoms with Gasteiger partial charge in [0.25, 0.3) is 0 Å². The zero-order valence-electron chi connectivity index (χ0n) is 12.3. The molecule has 0 spiro atoms. The number of carbonyl (C=O) groups excluding carboxylic acids is 1. The van der Waals surface area contributed by atoms with E-state index in [2.05, 4.69) is 9.97 Å². The van der Waals surface area contributed by atoms with Crippen LogP contribution in [0.1, 0.15) is 23.0 Å². The summed E-state index contributed by atoms with van der Waals surface area (Å²) in [5, 5.41) is 1.30. The second kappa shape index (κ2) is 7.31. The lowest BCUT2D eigenvalue weighted by Crippen LogP contribution is -2.12. The van der Waals surface area contributed by atoms with Gasteiger partial charge in [-0.05, 0) is 26.2 Å². The summed E-state index contributed by atoms with van der Waals surface area (Å²) < 4.78 is 5.11. The van der Waals surface area contributed by atoms with Gasteiger partial charge in [-0.15, -0.1) is 0 Å². The lowest BCUT2D eigenvalue weighted by Gasteiger charge is -2.13. The average molecular weight is 357 g/mol. The van der Waals surface area contributed by atoms with Crippen molar-refractivity contribution < 1.29 is 9.53 Å². The molecule has 2 aromatic rings. The van der Waals surface area contributed by atoms with E-state index in [4.69, 9.17) is 27.9 Å². The molecular formula is C15H14Cl2N2O2S. The number of carbonyl (C=O) groups is 1. The van der Waals surface area contributed by atoms with Crippen molar-refractivity contribution in [1.82, 2.24) is 9.97 Å². The quantitative estimate of drug-likeness (QED) is 0.453. The molecule has 0 N–H and O–H groups in total. The molecule has 0 aliphatic heterocycles. The van der Waals surface area contributed by atoms with Crippen molar-refractivity contribution in [2.75, 3.05) is 12.9 Å². The molecule has 0 unspecified atom stereocenters. The Morgan fingerprint density at radius 3 is 2.68 bits per heavy atom. The number of aryl methyl sites for hydroxylation is 1. The summed E-state index contributed by atoms with van der Waals surface area (Å²) >= 11 is 13.7. The van der Waals surface area contributed by atoms with E-state index < -0.39 is 5.97 Å². The molecular weight excluding hydrogens is 343 g/mol. The minimum Gasteiger partial charge on any atom is -0.462 e. The number of halogens is 2. The van der Waals surface area contributed by atoms with Crippen LogP contribution in [0.25, 0.3) is 11.3 Å². The predicted molar refractivity (Wildman–Crippen MR) is 90.0 cm³/mol. The molecule has 1 aromatic carbocycles. The van der Waals surface area contributed by atoms with Gasteiger partial charge >= 0.3 is 5.97 Å². The highest BCUT2D eigenvalue weighted by Gasteiger charge is 2.23. The smallest absolute Gasteiger partial charge is 0.342 e. The average Bonchev–Trinajstić information content (AvgIpc) is 2.49. The number of rotatable bonds is 4. The van der Waals surface area contributed by atoms with Crippen molar-refractivity contribution in [3.8, 4) is 11.3 Å². The molecule has 2 rings (SSSR count). The minimum absolute atomic E-state index is 0.269. The van der Waals surface area contributed by atoms with Gasteiger partial charge < -0.3 is 4.74 Å². The Kier molecular flexibility index (Phi) is 5.67. The number of nitrogens with zero attached hydrogens (tertiary/aromatic N) is 2.